The van der Waals surface area contributed by atoms with E-state index in [2.05, 4.69) is 21.2 Å². The molecule has 0 atom stereocenters. The van der Waals surface area contributed by atoms with E-state index in [1.165, 1.54) is 4.90 Å². The van der Waals surface area contributed by atoms with E-state index in [0.717, 1.165) is 11.1 Å². The lowest BCUT2D eigenvalue weighted by Gasteiger charge is -2.14. The third-order valence-corrected chi connectivity index (χ3v) is 5.26. The maximum atomic E-state index is 12.4. The van der Waals surface area contributed by atoms with Crippen LogP contribution >= 0.6 is 39.7 Å². The van der Waals surface area contributed by atoms with Crippen LogP contribution in [0.5, 0.6) is 11.5 Å². The number of hydrogen-bond donors (Lipinski definition) is 1. The predicted molar refractivity (Wildman–Crippen MR) is 118 cm³/mol. The van der Waals surface area contributed by atoms with Crippen LogP contribution in [-0.4, -0.2) is 29.6 Å². The van der Waals surface area contributed by atoms with Crippen molar-refractivity contribution in [3.8, 4) is 11.5 Å². The number of nitrogens with one attached hydrogen (secondary N) is 1. The van der Waals surface area contributed by atoms with Gasteiger partial charge in [-0.05, 0) is 76.5 Å². The number of thiocarbonyl (C=S) groups is 1. The zero-order valence-corrected chi connectivity index (χ0v) is 18.5. The highest BCUT2D eigenvalue weighted by Crippen LogP contribution is 2.38. The number of ether oxygens (including phenoxy) is 2. The van der Waals surface area contributed by atoms with Gasteiger partial charge in [-0.15, -0.1) is 0 Å². The molecule has 1 N–H and O–H groups in total. The number of likely N-dealkylation sites (N-methyl/N-ethyl adjacent to an activating group) is 1. The smallest absolute Gasteiger partial charge is 0.276 e. The Kier molecular flexibility index (Phi) is 6.59. The second-order valence-corrected chi connectivity index (χ2v) is 7.67. The molecule has 1 aliphatic heterocycles. The molecule has 8 heteroatoms. The zero-order valence-electron chi connectivity index (χ0n) is 15.3. The number of halogens is 2. The van der Waals surface area contributed by atoms with E-state index in [-0.39, 0.29) is 5.91 Å². The predicted octanol–water partition coefficient (Wildman–Crippen LogP) is 4.77. The first-order chi connectivity index (χ1) is 13.4. The Balaban J connectivity index is 1.85. The van der Waals surface area contributed by atoms with Gasteiger partial charge >= 0.3 is 0 Å². The summed E-state index contributed by atoms with van der Waals surface area (Å²) >= 11 is 14.7. The molecule has 0 unspecified atom stereocenters. The second kappa shape index (κ2) is 8.94. The minimum absolute atomic E-state index is 0.149. The molecule has 0 spiro atoms. The highest BCUT2D eigenvalue weighted by atomic mass is 79.9. The van der Waals surface area contributed by atoms with E-state index < -0.39 is 0 Å². The van der Waals surface area contributed by atoms with E-state index in [9.17, 15) is 4.79 Å². The third kappa shape index (κ3) is 4.48. The molecule has 0 aromatic heterocycles. The highest BCUT2D eigenvalue weighted by Gasteiger charge is 2.29. The Hall–Kier alpha value is -2.09. The summed E-state index contributed by atoms with van der Waals surface area (Å²) in [5, 5.41) is 4.01. The second-order valence-electron chi connectivity index (χ2n) is 5.99. The van der Waals surface area contributed by atoms with E-state index in [0.29, 0.717) is 45.0 Å². The van der Waals surface area contributed by atoms with Gasteiger partial charge in [0.05, 0.1) is 11.6 Å². The van der Waals surface area contributed by atoms with Gasteiger partial charge in [-0.3, -0.25) is 9.69 Å². The van der Waals surface area contributed by atoms with Crippen molar-refractivity contribution in [3.05, 3.63) is 62.7 Å². The number of nitrogens with zero attached hydrogens (tertiary/aromatic N) is 1. The molecule has 0 saturated carbocycles. The fraction of sp³-hybridized carbons (Fsp3) is 0.200. The van der Waals surface area contributed by atoms with Gasteiger partial charge in [-0.1, -0.05) is 23.7 Å². The van der Waals surface area contributed by atoms with Crippen LogP contribution in [0.2, 0.25) is 5.02 Å². The quantitative estimate of drug-likeness (QED) is 0.476. The maximum absolute atomic E-state index is 12.4. The fourth-order valence-electron chi connectivity index (χ4n) is 2.77. The number of methoxy groups -OCH3 is 1. The molecular formula is C20H18BrClN2O3S. The summed E-state index contributed by atoms with van der Waals surface area (Å²) < 4.78 is 12.1. The van der Waals surface area contributed by atoms with Gasteiger partial charge in [-0.2, -0.15) is 0 Å². The maximum Gasteiger partial charge on any atom is 0.276 e. The van der Waals surface area contributed by atoms with Gasteiger partial charge in [0.2, 0.25) is 0 Å². The SMILES string of the molecule is CCN1C(=O)C(=Cc2cc(Br)c(OCc3cccc(Cl)c3)c(OC)c2)NC1=S. The minimum atomic E-state index is -0.149. The van der Waals surface area contributed by atoms with Crippen LogP contribution in [0.25, 0.3) is 6.08 Å². The first-order valence-corrected chi connectivity index (χ1v) is 10.1. The lowest BCUT2D eigenvalue weighted by molar-refractivity contribution is -0.122. The van der Waals surface area contributed by atoms with Gasteiger partial charge in [-0.25, -0.2) is 0 Å². The number of amides is 1. The largest absolute Gasteiger partial charge is 0.493 e. The Labute approximate surface area is 182 Å². The standard InChI is InChI=1S/C20H18BrClN2O3S/c1-3-24-19(25)16(23-20(24)28)9-13-8-15(21)18(17(10-13)26-2)27-11-12-5-4-6-14(22)7-12/h4-10H,3,11H2,1-2H3,(H,23,28). The molecule has 1 amide bonds. The number of rotatable bonds is 6. The molecule has 3 rings (SSSR count). The zero-order chi connectivity index (χ0) is 20.3. The first-order valence-electron chi connectivity index (χ1n) is 8.52. The molecule has 0 aliphatic carbocycles. The lowest BCUT2D eigenvalue weighted by Crippen LogP contribution is -2.30. The summed E-state index contributed by atoms with van der Waals surface area (Å²) in [6.07, 6.45) is 1.73. The summed E-state index contributed by atoms with van der Waals surface area (Å²) in [5.41, 5.74) is 2.14. The molecule has 0 bridgehead atoms. The topological polar surface area (TPSA) is 50.8 Å². The highest BCUT2D eigenvalue weighted by molar-refractivity contribution is 9.10. The van der Waals surface area contributed by atoms with Crippen molar-refractivity contribution in [2.45, 2.75) is 13.5 Å². The first kappa shape index (κ1) is 20.6. The molecule has 0 radical (unpaired) electrons. The monoisotopic (exact) mass is 480 g/mol. The van der Waals surface area contributed by atoms with Crippen LogP contribution in [0.4, 0.5) is 0 Å². The fourth-order valence-corrected chi connectivity index (χ4v) is 3.88. The Morgan fingerprint density at radius 1 is 1.32 bits per heavy atom. The number of benzene rings is 2. The van der Waals surface area contributed by atoms with Crippen molar-refractivity contribution in [1.82, 2.24) is 10.2 Å². The molecule has 5 nitrogen and oxygen atoms in total. The van der Waals surface area contributed by atoms with Crippen LogP contribution in [0.15, 0.2) is 46.6 Å². The molecule has 1 aliphatic rings. The summed E-state index contributed by atoms with van der Waals surface area (Å²) in [5.74, 6) is 0.966. The molecule has 2 aromatic rings. The van der Waals surface area contributed by atoms with Gasteiger partial charge in [0.25, 0.3) is 5.91 Å². The van der Waals surface area contributed by atoms with Gasteiger partial charge in [0.1, 0.15) is 12.3 Å². The van der Waals surface area contributed by atoms with Crippen molar-refractivity contribution in [1.29, 1.82) is 0 Å². The van der Waals surface area contributed by atoms with Crippen LogP contribution in [0.3, 0.4) is 0 Å². The van der Waals surface area contributed by atoms with Crippen molar-refractivity contribution in [3.63, 3.8) is 0 Å². The van der Waals surface area contributed by atoms with E-state index in [1.54, 1.807) is 19.3 Å². The summed E-state index contributed by atoms with van der Waals surface area (Å²) in [6.45, 7) is 2.74. The van der Waals surface area contributed by atoms with Crippen molar-refractivity contribution in [2.75, 3.05) is 13.7 Å². The van der Waals surface area contributed by atoms with Gasteiger partial charge in [0.15, 0.2) is 16.6 Å². The molecule has 146 valence electrons. The number of carbonyl (C=O) groups is 1. The molecular weight excluding hydrogens is 464 g/mol. The molecule has 1 saturated heterocycles. The Morgan fingerprint density at radius 2 is 2.11 bits per heavy atom. The van der Waals surface area contributed by atoms with Gasteiger partial charge < -0.3 is 14.8 Å². The van der Waals surface area contributed by atoms with Crippen LogP contribution < -0.4 is 14.8 Å². The molecule has 1 heterocycles. The molecule has 1 fully saturated rings. The average molecular weight is 482 g/mol. The van der Waals surface area contributed by atoms with E-state index >= 15 is 0 Å². The molecule has 28 heavy (non-hydrogen) atoms. The van der Waals surface area contributed by atoms with Crippen LogP contribution in [0.1, 0.15) is 18.1 Å². The summed E-state index contributed by atoms with van der Waals surface area (Å²) in [4.78, 5) is 13.9. The Morgan fingerprint density at radius 3 is 2.75 bits per heavy atom. The number of hydrogen-bond acceptors (Lipinski definition) is 4. The van der Waals surface area contributed by atoms with Crippen LogP contribution in [-0.2, 0) is 11.4 Å². The van der Waals surface area contributed by atoms with E-state index in [4.69, 9.17) is 33.3 Å². The molecule has 2 aromatic carbocycles. The minimum Gasteiger partial charge on any atom is -0.493 e. The van der Waals surface area contributed by atoms with Gasteiger partial charge in [0, 0.05) is 11.6 Å². The summed E-state index contributed by atoms with van der Waals surface area (Å²) in [7, 11) is 1.57. The van der Waals surface area contributed by atoms with Crippen molar-refractivity contribution >= 4 is 56.8 Å². The van der Waals surface area contributed by atoms with Crippen LogP contribution in [0, 0.1) is 0 Å². The number of carbonyl (C=O) groups excluding carboxylic acids is 1. The lowest BCUT2D eigenvalue weighted by atomic mass is 10.1. The third-order valence-electron chi connectivity index (χ3n) is 4.11. The van der Waals surface area contributed by atoms with Crippen molar-refractivity contribution in [2.24, 2.45) is 0 Å². The van der Waals surface area contributed by atoms with Crippen molar-refractivity contribution < 1.29 is 14.3 Å². The Bertz CT molecular complexity index is 964. The average Bonchev–Trinajstić information content (AvgIpc) is 2.93. The normalized spacial score (nSPS) is 15.1. The van der Waals surface area contributed by atoms with E-state index in [1.807, 2.05) is 37.3 Å². The summed E-state index contributed by atoms with van der Waals surface area (Å²) in [6, 6.07) is 11.1.